The van der Waals surface area contributed by atoms with E-state index in [9.17, 15) is 4.79 Å². The number of nitrogens with zero attached hydrogens (tertiary/aromatic N) is 1. The molecular formula is C15H22N2O2. The van der Waals surface area contributed by atoms with E-state index < -0.39 is 5.54 Å². The van der Waals surface area contributed by atoms with Gasteiger partial charge in [0.25, 0.3) is 0 Å². The van der Waals surface area contributed by atoms with Gasteiger partial charge in [0.05, 0.1) is 12.6 Å². The van der Waals surface area contributed by atoms with Crippen LogP contribution in [0.1, 0.15) is 29.5 Å². The minimum atomic E-state index is -0.609. The normalized spacial score (nSPS) is 16.1. The summed E-state index contributed by atoms with van der Waals surface area (Å²) in [6.45, 7) is 4.64. The molecule has 0 radical (unpaired) electrons. The van der Waals surface area contributed by atoms with Crippen LogP contribution in [0.25, 0.3) is 0 Å². The summed E-state index contributed by atoms with van der Waals surface area (Å²) in [5.74, 6) is 0.845. The van der Waals surface area contributed by atoms with E-state index in [0.717, 1.165) is 24.2 Å². The zero-order valence-corrected chi connectivity index (χ0v) is 12.1. The molecule has 1 fully saturated rings. The Morgan fingerprint density at radius 1 is 1.37 bits per heavy atom. The van der Waals surface area contributed by atoms with Crippen molar-refractivity contribution in [1.29, 1.82) is 0 Å². The lowest BCUT2D eigenvalue weighted by Crippen LogP contribution is -2.43. The van der Waals surface area contributed by atoms with E-state index in [1.807, 2.05) is 6.07 Å². The van der Waals surface area contributed by atoms with Crippen LogP contribution in [0.2, 0.25) is 0 Å². The Hall–Kier alpha value is -1.55. The van der Waals surface area contributed by atoms with E-state index in [-0.39, 0.29) is 5.91 Å². The van der Waals surface area contributed by atoms with Gasteiger partial charge in [-0.1, -0.05) is 6.07 Å². The van der Waals surface area contributed by atoms with Crippen molar-refractivity contribution >= 4 is 5.91 Å². The van der Waals surface area contributed by atoms with Gasteiger partial charge in [-0.15, -0.1) is 0 Å². The third kappa shape index (κ3) is 2.73. The van der Waals surface area contributed by atoms with Gasteiger partial charge in [-0.05, 0) is 43.9 Å². The summed E-state index contributed by atoms with van der Waals surface area (Å²) in [5.41, 5.74) is 8.74. The first-order chi connectivity index (χ1) is 8.87. The largest absolute Gasteiger partial charge is 0.496 e. The summed E-state index contributed by atoms with van der Waals surface area (Å²) in [4.78, 5) is 13.8. The number of amides is 1. The Morgan fingerprint density at radius 3 is 2.47 bits per heavy atom. The van der Waals surface area contributed by atoms with Gasteiger partial charge in [0.1, 0.15) is 5.75 Å². The number of methoxy groups -OCH3 is 1. The minimum absolute atomic E-state index is 0.0211. The van der Waals surface area contributed by atoms with E-state index in [1.54, 1.807) is 19.1 Å². The van der Waals surface area contributed by atoms with Crippen molar-refractivity contribution < 1.29 is 9.53 Å². The maximum atomic E-state index is 12.1. The molecule has 0 bridgehead atoms. The topological polar surface area (TPSA) is 55.6 Å². The number of aryl methyl sites for hydroxylation is 2. The van der Waals surface area contributed by atoms with Gasteiger partial charge >= 0.3 is 0 Å². The SMILES string of the molecule is COc1cc(C)c(C)cc1CN(C)C(=O)C1(N)CC1. The van der Waals surface area contributed by atoms with E-state index in [1.165, 1.54) is 11.1 Å². The molecule has 0 saturated heterocycles. The minimum Gasteiger partial charge on any atom is -0.496 e. The Balaban J connectivity index is 2.18. The highest BCUT2D eigenvalue weighted by atomic mass is 16.5. The molecule has 1 aliphatic rings. The summed E-state index contributed by atoms with van der Waals surface area (Å²) in [6.07, 6.45) is 1.58. The number of carbonyl (C=O) groups is 1. The van der Waals surface area contributed by atoms with Crippen LogP contribution in [0, 0.1) is 13.8 Å². The lowest BCUT2D eigenvalue weighted by atomic mass is 10.0. The van der Waals surface area contributed by atoms with Gasteiger partial charge in [0.2, 0.25) is 5.91 Å². The summed E-state index contributed by atoms with van der Waals surface area (Å²) in [6, 6.07) is 4.09. The average molecular weight is 262 g/mol. The van der Waals surface area contributed by atoms with Gasteiger partial charge in [0, 0.05) is 19.2 Å². The monoisotopic (exact) mass is 262 g/mol. The quantitative estimate of drug-likeness (QED) is 0.899. The third-order valence-corrected chi connectivity index (χ3v) is 3.87. The highest BCUT2D eigenvalue weighted by Crippen LogP contribution is 2.34. The molecule has 0 unspecified atom stereocenters. The number of carbonyl (C=O) groups excluding carboxylic acids is 1. The molecule has 19 heavy (non-hydrogen) atoms. The van der Waals surface area contributed by atoms with Crippen LogP contribution in [0.3, 0.4) is 0 Å². The van der Waals surface area contributed by atoms with Crippen molar-refractivity contribution in [3.8, 4) is 5.75 Å². The number of benzene rings is 1. The van der Waals surface area contributed by atoms with Crippen molar-refractivity contribution in [2.24, 2.45) is 5.73 Å². The van der Waals surface area contributed by atoms with E-state index in [2.05, 4.69) is 19.9 Å². The van der Waals surface area contributed by atoms with Gasteiger partial charge < -0.3 is 15.4 Å². The van der Waals surface area contributed by atoms with E-state index >= 15 is 0 Å². The highest BCUT2D eigenvalue weighted by molar-refractivity contribution is 5.88. The van der Waals surface area contributed by atoms with Crippen LogP contribution < -0.4 is 10.5 Å². The fraction of sp³-hybridized carbons (Fsp3) is 0.533. The predicted octanol–water partition coefficient (Wildman–Crippen LogP) is 1.76. The Bertz CT molecular complexity index is 507. The summed E-state index contributed by atoms with van der Waals surface area (Å²) >= 11 is 0. The molecule has 0 atom stereocenters. The number of hydrogen-bond acceptors (Lipinski definition) is 3. The van der Waals surface area contributed by atoms with Crippen LogP contribution in [-0.4, -0.2) is 30.5 Å². The molecule has 0 spiro atoms. The fourth-order valence-electron chi connectivity index (χ4n) is 2.22. The maximum absolute atomic E-state index is 12.1. The van der Waals surface area contributed by atoms with E-state index in [0.29, 0.717) is 6.54 Å². The lowest BCUT2D eigenvalue weighted by molar-refractivity contribution is -0.132. The number of ether oxygens (including phenoxy) is 1. The smallest absolute Gasteiger partial charge is 0.242 e. The van der Waals surface area contributed by atoms with Crippen molar-refractivity contribution in [2.75, 3.05) is 14.2 Å². The molecular weight excluding hydrogens is 240 g/mol. The van der Waals surface area contributed by atoms with Gasteiger partial charge in [0.15, 0.2) is 0 Å². The Labute approximate surface area is 114 Å². The van der Waals surface area contributed by atoms with Crippen molar-refractivity contribution in [1.82, 2.24) is 4.90 Å². The predicted molar refractivity (Wildman–Crippen MR) is 75.1 cm³/mol. The molecule has 1 amide bonds. The zero-order valence-electron chi connectivity index (χ0n) is 12.1. The van der Waals surface area contributed by atoms with Crippen LogP contribution >= 0.6 is 0 Å². The first kappa shape index (κ1) is 13.9. The van der Waals surface area contributed by atoms with Gasteiger partial charge in [-0.25, -0.2) is 0 Å². The summed E-state index contributed by atoms with van der Waals surface area (Å²) in [7, 11) is 3.45. The Morgan fingerprint density at radius 2 is 1.95 bits per heavy atom. The fourth-order valence-corrected chi connectivity index (χ4v) is 2.22. The highest BCUT2D eigenvalue weighted by Gasteiger charge is 2.47. The molecule has 0 aliphatic heterocycles. The maximum Gasteiger partial charge on any atom is 0.242 e. The van der Waals surface area contributed by atoms with Gasteiger partial charge in [-0.3, -0.25) is 4.79 Å². The Kier molecular flexibility index (Phi) is 3.54. The molecule has 2 rings (SSSR count). The van der Waals surface area contributed by atoms with Crippen molar-refractivity contribution in [3.63, 3.8) is 0 Å². The molecule has 1 saturated carbocycles. The third-order valence-electron chi connectivity index (χ3n) is 3.87. The first-order valence-electron chi connectivity index (χ1n) is 6.56. The molecule has 4 heteroatoms. The van der Waals surface area contributed by atoms with Crippen molar-refractivity contribution in [2.45, 2.75) is 38.8 Å². The van der Waals surface area contributed by atoms with Crippen LogP contribution in [0.15, 0.2) is 12.1 Å². The second-order valence-corrected chi connectivity index (χ2v) is 5.57. The zero-order chi connectivity index (χ0) is 14.2. The average Bonchev–Trinajstić information content (AvgIpc) is 3.11. The molecule has 0 heterocycles. The molecule has 1 aromatic carbocycles. The molecule has 2 N–H and O–H groups in total. The second-order valence-electron chi connectivity index (χ2n) is 5.57. The molecule has 0 aromatic heterocycles. The standard InChI is InChI=1S/C15H22N2O2/c1-10-7-12(13(19-4)8-11(10)2)9-17(3)14(18)15(16)5-6-15/h7-8H,5-6,9,16H2,1-4H3. The van der Waals surface area contributed by atoms with Crippen molar-refractivity contribution in [3.05, 3.63) is 28.8 Å². The second kappa shape index (κ2) is 4.85. The summed E-state index contributed by atoms with van der Waals surface area (Å²) < 4.78 is 5.39. The first-order valence-corrected chi connectivity index (χ1v) is 6.56. The number of hydrogen-bond donors (Lipinski definition) is 1. The lowest BCUT2D eigenvalue weighted by Gasteiger charge is -2.22. The van der Waals surface area contributed by atoms with Crippen LogP contribution in [-0.2, 0) is 11.3 Å². The molecule has 1 aromatic rings. The number of likely N-dealkylation sites (N-methyl/N-ethyl adjacent to an activating group) is 1. The van der Waals surface area contributed by atoms with Crippen LogP contribution in [0.4, 0.5) is 0 Å². The van der Waals surface area contributed by atoms with Crippen LogP contribution in [0.5, 0.6) is 5.75 Å². The molecule has 104 valence electrons. The molecule has 1 aliphatic carbocycles. The number of nitrogens with two attached hydrogens (primary N) is 1. The van der Waals surface area contributed by atoms with E-state index in [4.69, 9.17) is 10.5 Å². The molecule has 4 nitrogen and oxygen atoms in total. The summed E-state index contributed by atoms with van der Waals surface area (Å²) in [5, 5.41) is 0. The van der Waals surface area contributed by atoms with Gasteiger partial charge in [-0.2, -0.15) is 0 Å². The number of rotatable bonds is 4.